The first-order valence-corrected chi connectivity index (χ1v) is 33.0. The molecule has 4 saturated heterocycles. The smallest absolute Gasteiger partial charge is 0.220 e. The third-order valence-electron chi connectivity index (χ3n) is 17.2. The van der Waals surface area contributed by atoms with E-state index in [4.69, 9.17) is 37.9 Å². The summed E-state index contributed by atoms with van der Waals surface area (Å²) in [6.45, 7) is 0.558. The summed E-state index contributed by atoms with van der Waals surface area (Å²) in [5.74, 6) is -0.299. The Balaban J connectivity index is 1.30. The lowest BCUT2D eigenvalue weighted by molar-refractivity contribution is -0.389. The van der Waals surface area contributed by atoms with Gasteiger partial charge in [0, 0.05) is 6.42 Å². The van der Waals surface area contributed by atoms with Gasteiger partial charge in [0.2, 0.25) is 5.91 Å². The van der Waals surface area contributed by atoms with Crippen LogP contribution in [0.1, 0.15) is 206 Å². The van der Waals surface area contributed by atoms with E-state index in [1.807, 2.05) is 6.08 Å². The van der Waals surface area contributed by atoms with Gasteiger partial charge in [0.25, 0.3) is 0 Å². The summed E-state index contributed by atoms with van der Waals surface area (Å²) < 4.78 is 45.8. The van der Waals surface area contributed by atoms with Crippen molar-refractivity contribution in [2.75, 3.05) is 33.0 Å². The van der Waals surface area contributed by atoms with Crippen molar-refractivity contribution >= 4 is 5.91 Å². The summed E-state index contributed by atoms with van der Waals surface area (Å²) in [7, 11) is 0. The minimum Gasteiger partial charge on any atom is -0.394 e. The van der Waals surface area contributed by atoms with E-state index in [9.17, 15) is 76.3 Å². The second kappa shape index (κ2) is 44.0. The number of hydrogen-bond acceptors (Lipinski definition) is 23. The molecule has 24 heteroatoms. The maximum Gasteiger partial charge on any atom is 0.220 e. The van der Waals surface area contributed by atoms with Crippen LogP contribution in [-0.4, -0.2) is 245 Å². The van der Waals surface area contributed by atoms with Crippen LogP contribution >= 0.6 is 0 Å². The topological polar surface area (TPSA) is 386 Å². The van der Waals surface area contributed by atoms with Crippen LogP contribution in [0.5, 0.6) is 0 Å². The van der Waals surface area contributed by atoms with Gasteiger partial charge in [0.1, 0.15) is 97.7 Å². The number of nitrogens with one attached hydrogen (secondary N) is 1. The highest BCUT2D eigenvalue weighted by Crippen LogP contribution is 2.35. The predicted molar refractivity (Wildman–Crippen MR) is 315 cm³/mol. The quantitative estimate of drug-likeness (QED) is 0.0307. The Morgan fingerprint density at radius 3 is 1.20 bits per heavy atom. The highest BCUT2D eigenvalue weighted by Gasteiger charge is 2.55. The highest BCUT2D eigenvalue weighted by atomic mass is 16.8. The van der Waals surface area contributed by atoms with Gasteiger partial charge in [-0.25, -0.2) is 0 Å². The molecule has 0 spiro atoms. The minimum absolute atomic E-state index is 0.222. The van der Waals surface area contributed by atoms with Crippen molar-refractivity contribution in [3.05, 3.63) is 12.2 Å². The largest absolute Gasteiger partial charge is 0.394 e. The van der Waals surface area contributed by atoms with Crippen LogP contribution < -0.4 is 5.32 Å². The zero-order valence-corrected chi connectivity index (χ0v) is 51.5. The first-order chi connectivity index (χ1) is 41.6. The molecule has 4 heterocycles. The fraction of sp³-hybridized carbons (Fsp3) is 0.952. The normalized spacial score (nSPS) is 34.2. The number of rotatable bonds is 46. The second-order valence-corrected chi connectivity index (χ2v) is 24.3. The van der Waals surface area contributed by atoms with E-state index in [2.05, 4.69) is 19.2 Å². The molecule has 24 nitrogen and oxygen atoms in total. The van der Waals surface area contributed by atoms with Crippen LogP contribution in [0, 0.1) is 0 Å². The van der Waals surface area contributed by atoms with Gasteiger partial charge >= 0.3 is 0 Å². The van der Waals surface area contributed by atoms with E-state index < -0.39 is 161 Å². The van der Waals surface area contributed by atoms with Crippen LogP contribution in [0.25, 0.3) is 0 Å². The molecule has 0 bridgehead atoms. The first kappa shape index (κ1) is 76.8. The molecule has 8 unspecified atom stereocenters. The molecule has 4 rings (SSSR count). The van der Waals surface area contributed by atoms with Crippen molar-refractivity contribution in [2.45, 2.75) is 341 Å². The van der Waals surface area contributed by atoms with Crippen LogP contribution in [0.2, 0.25) is 0 Å². The summed E-state index contributed by atoms with van der Waals surface area (Å²) >= 11 is 0. The molecule has 0 aliphatic carbocycles. The van der Waals surface area contributed by atoms with Crippen LogP contribution in [-0.2, 0) is 42.7 Å². The van der Waals surface area contributed by atoms with Gasteiger partial charge in [-0.1, -0.05) is 193 Å². The van der Waals surface area contributed by atoms with Crippen LogP contribution in [0.3, 0.4) is 0 Å². The number of hydrogen-bond donors (Lipinski definition) is 15. The van der Waals surface area contributed by atoms with Crippen molar-refractivity contribution in [2.24, 2.45) is 0 Å². The standard InChI is InChI=1S/C62H115NO23/c1-3-5-7-9-11-13-15-17-18-19-20-22-24-26-28-30-32-34-46(69)63-40(41(68)33-31-29-27-25-23-21-16-14-12-10-8-6-4-2)39-79-59-53(76)50(73)56(44(37-66)82-59)84-61-54(77)51(74)57(45(38-67)83-61)85-62-55(78)58(48(71)43(36-65)81-62)86-60-52(75)49(72)47(70)42(35-64)80-60/h31,33,40-45,47-62,64-68,70-78H,3-30,32,34-39H2,1-2H3,(H,63,69)/b33-31+/t40-,41+,42?,43?,44?,45?,47-,48-,49-,50+,51+,52?,53?,54?,55?,56+,57-,58-,59+,60-,61-,62-/m0/s1. The van der Waals surface area contributed by atoms with E-state index in [0.29, 0.717) is 6.42 Å². The van der Waals surface area contributed by atoms with Gasteiger partial charge in [-0.2, -0.15) is 0 Å². The average molecular weight is 1240 g/mol. The Kier molecular flexibility index (Phi) is 39.3. The Labute approximate surface area is 510 Å². The predicted octanol–water partition coefficient (Wildman–Crippen LogP) is 2.42. The molecular formula is C62H115NO23. The molecular weight excluding hydrogens is 1130 g/mol. The Morgan fingerprint density at radius 2 is 0.756 bits per heavy atom. The molecule has 4 fully saturated rings. The number of aliphatic hydroxyl groups is 14. The van der Waals surface area contributed by atoms with E-state index >= 15 is 0 Å². The van der Waals surface area contributed by atoms with Gasteiger partial charge in [-0.15, -0.1) is 0 Å². The fourth-order valence-electron chi connectivity index (χ4n) is 11.7. The number of amides is 1. The van der Waals surface area contributed by atoms with Gasteiger partial charge in [-0.3, -0.25) is 4.79 Å². The van der Waals surface area contributed by atoms with Crippen molar-refractivity contribution in [1.82, 2.24) is 5.32 Å². The van der Waals surface area contributed by atoms with Gasteiger partial charge in [0.15, 0.2) is 25.2 Å². The maximum absolute atomic E-state index is 13.4. The second-order valence-electron chi connectivity index (χ2n) is 24.3. The molecule has 0 aromatic carbocycles. The Bertz CT molecular complexity index is 1740. The lowest BCUT2D eigenvalue weighted by Gasteiger charge is -2.49. The molecule has 86 heavy (non-hydrogen) atoms. The zero-order chi connectivity index (χ0) is 62.8. The maximum atomic E-state index is 13.4. The van der Waals surface area contributed by atoms with Crippen molar-refractivity contribution in [3.8, 4) is 0 Å². The summed E-state index contributed by atoms with van der Waals surface area (Å²) in [5.41, 5.74) is 0. The van der Waals surface area contributed by atoms with E-state index in [-0.39, 0.29) is 18.9 Å². The fourth-order valence-corrected chi connectivity index (χ4v) is 11.7. The monoisotopic (exact) mass is 1240 g/mol. The van der Waals surface area contributed by atoms with Gasteiger partial charge in [0.05, 0.1) is 45.2 Å². The zero-order valence-electron chi connectivity index (χ0n) is 51.5. The number of carbonyl (C=O) groups is 1. The van der Waals surface area contributed by atoms with Gasteiger partial charge in [-0.05, 0) is 19.3 Å². The molecule has 15 N–H and O–H groups in total. The first-order valence-electron chi connectivity index (χ1n) is 33.0. The summed E-state index contributed by atoms with van der Waals surface area (Å²) in [6, 6.07) is -1.00. The Morgan fingerprint density at radius 1 is 0.407 bits per heavy atom. The number of allylic oxidation sites excluding steroid dienone is 1. The summed E-state index contributed by atoms with van der Waals surface area (Å²) in [6.07, 6.45) is 0.773. The SMILES string of the molecule is CCCCCCCCCCCCC/C=C/[C@@H](O)[C@H](CO[C@@H]1OC(CO)[C@@H](O[C@@H]2OC(CO)[C@H](O[C@@H]3OC(CO)[C@H](O)[C@H](O[C@@H]4OC(CO)[C@H](O)[C@H](O)C4O)C3O)[C@H](O)C2O)[C@H](O)C1O)NC(=O)CCCCCCCCCCCCCCCCCCC. The molecule has 0 aromatic heterocycles. The van der Waals surface area contributed by atoms with Crippen molar-refractivity contribution in [3.63, 3.8) is 0 Å². The molecule has 22 atom stereocenters. The number of aliphatic hydroxyl groups excluding tert-OH is 14. The lowest BCUT2D eigenvalue weighted by atomic mass is 9.95. The van der Waals surface area contributed by atoms with Crippen LogP contribution in [0.15, 0.2) is 12.2 Å². The third-order valence-corrected chi connectivity index (χ3v) is 17.2. The minimum atomic E-state index is -2.08. The average Bonchev–Trinajstić information content (AvgIpc) is 1.17. The van der Waals surface area contributed by atoms with E-state index in [0.717, 1.165) is 44.9 Å². The Hall–Kier alpha value is -1.67. The summed E-state index contributed by atoms with van der Waals surface area (Å²) in [5, 5.41) is 154. The van der Waals surface area contributed by atoms with Gasteiger partial charge < -0.3 is 115 Å². The molecule has 506 valence electrons. The lowest BCUT2D eigenvalue weighted by Crippen LogP contribution is -2.67. The molecule has 4 aliphatic rings. The van der Waals surface area contributed by atoms with E-state index in [1.54, 1.807) is 6.08 Å². The molecule has 4 aliphatic heterocycles. The van der Waals surface area contributed by atoms with E-state index in [1.165, 1.54) is 135 Å². The molecule has 0 aromatic rings. The van der Waals surface area contributed by atoms with Crippen molar-refractivity contribution in [1.29, 1.82) is 0 Å². The van der Waals surface area contributed by atoms with Crippen LogP contribution in [0.4, 0.5) is 0 Å². The molecule has 0 saturated carbocycles. The number of carbonyl (C=O) groups excluding carboxylic acids is 1. The molecule has 1 amide bonds. The molecule has 0 radical (unpaired) electrons. The summed E-state index contributed by atoms with van der Waals surface area (Å²) in [4.78, 5) is 13.4. The van der Waals surface area contributed by atoms with Crippen molar-refractivity contribution < 1.29 is 114 Å². The number of unbranched alkanes of at least 4 members (excludes halogenated alkanes) is 27. The number of ether oxygens (including phenoxy) is 8. The third kappa shape index (κ3) is 25.8. The highest BCUT2D eigenvalue weighted by molar-refractivity contribution is 5.76.